The molecule has 136 valence electrons. The van der Waals surface area contributed by atoms with E-state index in [1.807, 2.05) is 24.4 Å². The average Bonchev–Trinajstić information content (AvgIpc) is 3.18. The second kappa shape index (κ2) is 7.50. The van der Waals surface area contributed by atoms with Crippen molar-refractivity contribution in [1.29, 1.82) is 0 Å². The minimum absolute atomic E-state index is 0.0320. The number of ether oxygens (including phenoxy) is 1. The number of amides is 1. The molecule has 2 aromatic heterocycles. The van der Waals surface area contributed by atoms with E-state index in [0.29, 0.717) is 6.42 Å². The number of aromatic nitrogens is 2. The number of hydrogen-bond donors (Lipinski definition) is 2. The fraction of sp³-hybridized carbons (Fsp3) is 0.400. The molecule has 1 aliphatic rings. The molecule has 5 nitrogen and oxygen atoms in total. The van der Waals surface area contributed by atoms with Crippen LogP contribution in [-0.2, 0) is 24.1 Å². The van der Waals surface area contributed by atoms with E-state index in [4.69, 9.17) is 4.74 Å². The first-order valence-corrected chi connectivity index (χ1v) is 9.97. The third-order valence-electron chi connectivity index (χ3n) is 4.92. The van der Waals surface area contributed by atoms with Gasteiger partial charge in [0.25, 0.3) is 0 Å². The van der Waals surface area contributed by atoms with Gasteiger partial charge in [0.05, 0.1) is 19.2 Å². The van der Waals surface area contributed by atoms with Crippen LogP contribution in [0.3, 0.4) is 0 Å². The van der Waals surface area contributed by atoms with Gasteiger partial charge in [-0.3, -0.25) is 4.79 Å². The van der Waals surface area contributed by atoms with Crippen LogP contribution >= 0.6 is 11.3 Å². The number of rotatable bonds is 4. The highest BCUT2D eigenvalue weighted by molar-refractivity contribution is 7.15. The minimum Gasteiger partial charge on any atom is -0.497 e. The molecular weight excluding hydrogens is 346 g/mol. The van der Waals surface area contributed by atoms with Crippen LogP contribution in [0, 0.1) is 0 Å². The SMILES string of the molecule is COc1ccc2[nH]cc(CC(=O)Nc3nc4c(s3)CCCCCC4)c2c1. The molecule has 6 heteroatoms. The van der Waals surface area contributed by atoms with E-state index < -0.39 is 0 Å². The van der Waals surface area contributed by atoms with Crippen LogP contribution in [0.4, 0.5) is 5.13 Å². The largest absolute Gasteiger partial charge is 0.497 e. The summed E-state index contributed by atoms with van der Waals surface area (Å²) in [6.45, 7) is 0. The molecule has 0 atom stereocenters. The first-order valence-electron chi connectivity index (χ1n) is 9.15. The zero-order valence-electron chi connectivity index (χ0n) is 14.9. The van der Waals surface area contributed by atoms with E-state index >= 15 is 0 Å². The Morgan fingerprint density at radius 2 is 2.12 bits per heavy atom. The van der Waals surface area contributed by atoms with Gasteiger partial charge in [0.2, 0.25) is 5.91 Å². The van der Waals surface area contributed by atoms with E-state index in [2.05, 4.69) is 15.3 Å². The maximum absolute atomic E-state index is 12.5. The number of methoxy groups -OCH3 is 1. The summed E-state index contributed by atoms with van der Waals surface area (Å²) < 4.78 is 5.29. The number of aromatic amines is 1. The maximum Gasteiger partial charge on any atom is 0.230 e. The Kier molecular flexibility index (Phi) is 4.93. The molecule has 1 aromatic carbocycles. The second-order valence-electron chi connectivity index (χ2n) is 6.75. The van der Waals surface area contributed by atoms with E-state index in [0.717, 1.165) is 40.2 Å². The van der Waals surface area contributed by atoms with Crippen LogP contribution < -0.4 is 10.1 Å². The highest BCUT2D eigenvalue weighted by Gasteiger charge is 2.16. The number of fused-ring (bicyclic) bond motifs is 2. The van der Waals surface area contributed by atoms with Gasteiger partial charge in [0.1, 0.15) is 5.75 Å². The number of aryl methyl sites for hydroxylation is 2. The van der Waals surface area contributed by atoms with Crippen molar-refractivity contribution in [2.45, 2.75) is 44.9 Å². The monoisotopic (exact) mass is 369 g/mol. The van der Waals surface area contributed by atoms with Crippen LogP contribution in [0.5, 0.6) is 5.75 Å². The lowest BCUT2D eigenvalue weighted by Crippen LogP contribution is -2.14. The molecule has 4 rings (SSSR count). The maximum atomic E-state index is 12.5. The predicted molar refractivity (Wildman–Crippen MR) is 105 cm³/mol. The fourth-order valence-electron chi connectivity index (χ4n) is 3.53. The number of carbonyl (C=O) groups is 1. The normalized spacial score (nSPS) is 14.5. The Morgan fingerprint density at radius 3 is 2.96 bits per heavy atom. The molecule has 26 heavy (non-hydrogen) atoms. The quantitative estimate of drug-likeness (QED) is 0.713. The van der Waals surface area contributed by atoms with Crippen molar-refractivity contribution >= 4 is 33.3 Å². The van der Waals surface area contributed by atoms with Gasteiger partial charge in [-0.15, -0.1) is 11.3 Å². The number of hydrogen-bond acceptors (Lipinski definition) is 4. The molecular formula is C20H23N3O2S. The molecule has 0 saturated heterocycles. The summed E-state index contributed by atoms with van der Waals surface area (Å²) in [5.74, 6) is 0.758. The molecule has 2 heterocycles. The van der Waals surface area contributed by atoms with E-state index in [9.17, 15) is 4.79 Å². The van der Waals surface area contributed by atoms with Gasteiger partial charge in [-0.25, -0.2) is 4.98 Å². The second-order valence-corrected chi connectivity index (χ2v) is 7.84. The average molecular weight is 369 g/mol. The van der Waals surface area contributed by atoms with Crippen LogP contribution in [0.15, 0.2) is 24.4 Å². The van der Waals surface area contributed by atoms with Crippen molar-refractivity contribution < 1.29 is 9.53 Å². The van der Waals surface area contributed by atoms with Gasteiger partial charge >= 0.3 is 0 Å². The zero-order valence-corrected chi connectivity index (χ0v) is 15.7. The van der Waals surface area contributed by atoms with Crippen molar-refractivity contribution in [3.8, 4) is 5.75 Å². The highest BCUT2D eigenvalue weighted by Crippen LogP contribution is 2.29. The number of nitrogens with zero attached hydrogens (tertiary/aromatic N) is 1. The molecule has 0 unspecified atom stereocenters. The summed E-state index contributed by atoms with van der Waals surface area (Å²) in [5, 5.41) is 4.75. The Labute approximate surface area is 156 Å². The standard InChI is InChI=1S/C20H23N3O2S/c1-25-14-8-9-16-15(11-14)13(12-21-16)10-19(24)23-20-22-17-6-4-2-3-5-7-18(17)26-20/h8-9,11-12,21H,2-7,10H2,1H3,(H,22,23,24). The third-order valence-corrected chi connectivity index (χ3v) is 5.99. The Morgan fingerprint density at radius 1 is 1.27 bits per heavy atom. The van der Waals surface area contributed by atoms with Gasteiger partial charge in [-0.1, -0.05) is 12.8 Å². The summed E-state index contributed by atoms with van der Waals surface area (Å²) in [4.78, 5) is 21.8. The Bertz CT molecular complexity index is 903. The molecule has 0 spiro atoms. The van der Waals surface area contributed by atoms with Crippen LogP contribution in [0.2, 0.25) is 0 Å². The van der Waals surface area contributed by atoms with Crippen molar-refractivity contribution in [2.24, 2.45) is 0 Å². The highest BCUT2D eigenvalue weighted by atomic mass is 32.1. The number of H-pyrrole nitrogens is 1. The molecule has 1 aliphatic carbocycles. The third kappa shape index (κ3) is 3.60. The van der Waals surface area contributed by atoms with Gasteiger partial charge in [0.15, 0.2) is 5.13 Å². The molecule has 0 aliphatic heterocycles. The van der Waals surface area contributed by atoms with E-state index in [1.165, 1.54) is 36.3 Å². The van der Waals surface area contributed by atoms with Gasteiger partial charge in [-0.2, -0.15) is 0 Å². The molecule has 0 radical (unpaired) electrons. The van der Waals surface area contributed by atoms with Crippen LogP contribution in [-0.4, -0.2) is 23.0 Å². The van der Waals surface area contributed by atoms with E-state index in [-0.39, 0.29) is 5.91 Å². The van der Waals surface area contributed by atoms with Gasteiger partial charge < -0.3 is 15.0 Å². The lowest BCUT2D eigenvalue weighted by molar-refractivity contribution is -0.115. The molecule has 0 bridgehead atoms. The topological polar surface area (TPSA) is 67.0 Å². The summed E-state index contributed by atoms with van der Waals surface area (Å²) in [6.07, 6.45) is 9.32. The number of carbonyl (C=O) groups excluding carboxylic acids is 1. The Balaban J connectivity index is 1.48. The smallest absolute Gasteiger partial charge is 0.230 e. The minimum atomic E-state index is -0.0320. The first kappa shape index (κ1) is 17.1. The predicted octanol–water partition coefficient (Wildman–Crippen LogP) is 4.47. The van der Waals surface area contributed by atoms with Crippen molar-refractivity contribution in [1.82, 2.24) is 9.97 Å². The summed E-state index contributed by atoms with van der Waals surface area (Å²) >= 11 is 1.64. The summed E-state index contributed by atoms with van der Waals surface area (Å²) in [7, 11) is 1.65. The molecule has 0 saturated carbocycles. The zero-order chi connectivity index (χ0) is 17.9. The summed E-state index contributed by atoms with van der Waals surface area (Å²) in [5.41, 5.74) is 3.15. The number of anilines is 1. The molecule has 3 aromatic rings. The van der Waals surface area contributed by atoms with Crippen molar-refractivity contribution in [3.63, 3.8) is 0 Å². The number of nitrogens with one attached hydrogen (secondary N) is 2. The molecule has 2 N–H and O–H groups in total. The number of thiazole rings is 1. The van der Waals surface area contributed by atoms with E-state index in [1.54, 1.807) is 18.4 Å². The summed E-state index contributed by atoms with van der Waals surface area (Å²) in [6, 6.07) is 5.84. The Hall–Kier alpha value is -2.34. The molecule has 1 amide bonds. The van der Waals surface area contributed by atoms with Gasteiger partial charge in [0, 0.05) is 22.0 Å². The van der Waals surface area contributed by atoms with Gasteiger partial charge in [-0.05, 0) is 49.4 Å². The molecule has 0 fully saturated rings. The fourth-order valence-corrected chi connectivity index (χ4v) is 4.59. The lowest BCUT2D eigenvalue weighted by Gasteiger charge is -2.06. The van der Waals surface area contributed by atoms with Crippen molar-refractivity contribution in [2.75, 3.05) is 12.4 Å². The van der Waals surface area contributed by atoms with Crippen molar-refractivity contribution in [3.05, 3.63) is 40.5 Å². The van der Waals surface area contributed by atoms with Crippen LogP contribution in [0.25, 0.3) is 10.9 Å². The number of benzene rings is 1. The first-order chi connectivity index (χ1) is 12.7. The lowest BCUT2D eigenvalue weighted by atomic mass is 10.0. The van der Waals surface area contributed by atoms with Crippen LogP contribution in [0.1, 0.15) is 41.8 Å².